The van der Waals surface area contributed by atoms with Crippen molar-refractivity contribution in [3.8, 4) is 0 Å². The zero-order valence-electron chi connectivity index (χ0n) is 15.4. The quantitative estimate of drug-likeness (QED) is 0.832. The van der Waals surface area contributed by atoms with Gasteiger partial charge in [-0.15, -0.1) is 0 Å². The summed E-state index contributed by atoms with van der Waals surface area (Å²) in [5.74, 6) is 1.72. The van der Waals surface area contributed by atoms with Gasteiger partial charge in [0.25, 0.3) is 0 Å². The Balaban J connectivity index is 1.52. The van der Waals surface area contributed by atoms with Crippen molar-refractivity contribution in [3.63, 3.8) is 0 Å². The summed E-state index contributed by atoms with van der Waals surface area (Å²) in [5, 5.41) is 7.18. The number of nitrogens with zero attached hydrogens (tertiary/aromatic N) is 3. The Morgan fingerprint density at radius 1 is 1.42 bits per heavy atom. The highest BCUT2D eigenvalue weighted by molar-refractivity contribution is 5.80. The number of aryl methyl sites for hydroxylation is 1. The number of ether oxygens (including phenoxy) is 1. The summed E-state index contributed by atoms with van der Waals surface area (Å²) in [5.41, 5.74) is -0.373. The number of hydrogen-bond acceptors (Lipinski definition) is 6. The van der Waals surface area contributed by atoms with E-state index >= 15 is 0 Å². The lowest BCUT2D eigenvalue weighted by molar-refractivity contribution is -0.134. The number of fused-ring (bicyclic) bond motifs is 1. The minimum atomic E-state index is -0.373. The number of nitrogens with one attached hydrogen (secondary N) is 1. The molecular weight excluding hydrogens is 336 g/mol. The Hall–Kier alpha value is -1.96. The molecule has 142 valence electrons. The lowest BCUT2D eigenvalue weighted by Gasteiger charge is -2.28. The fourth-order valence-corrected chi connectivity index (χ4v) is 4.71. The van der Waals surface area contributed by atoms with Gasteiger partial charge in [0, 0.05) is 32.2 Å². The van der Waals surface area contributed by atoms with E-state index in [-0.39, 0.29) is 41.7 Å². The first-order chi connectivity index (χ1) is 12.5. The first kappa shape index (κ1) is 17.5. The van der Waals surface area contributed by atoms with E-state index in [2.05, 4.69) is 15.5 Å². The third kappa shape index (κ3) is 2.90. The van der Waals surface area contributed by atoms with Crippen LogP contribution in [0.15, 0.2) is 4.52 Å². The van der Waals surface area contributed by atoms with Gasteiger partial charge in [-0.05, 0) is 38.5 Å². The number of amides is 2. The highest BCUT2D eigenvalue weighted by atomic mass is 16.5. The van der Waals surface area contributed by atoms with Crippen LogP contribution in [0.25, 0.3) is 0 Å². The second-order valence-corrected chi connectivity index (χ2v) is 7.98. The maximum atomic E-state index is 12.4. The molecule has 1 unspecified atom stereocenters. The highest BCUT2D eigenvalue weighted by Gasteiger charge is 2.58. The van der Waals surface area contributed by atoms with Crippen LogP contribution in [-0.4, -0.2) is 59.7 Å². The van der Waals surface area contributed by atoms with Gasteiger partial charge in [0.2, 0.25) is 17.7 Å². The van der Waals surface area contributed by atoms with Crippen LogP contribution < -0.4 is 5.32 Å². The van der Waals surface area contributed by atoms with Gasteiger partial charge in [-0.1, -0.05) is 11.6 Å². The van der Waals surface area contributed by atoms with Gasteiger partial charge >= 0.3 is 0 Å². The van der Waals surface area contributed by atoms with Crippen molar-refractivity contribution in [2.24, 2.45) is 11.8 Å². The Kier molecular flexibility index (Phi) is 4.46. The van der Waals surface area contributed by atoms with Crippen LogP contribution in [0.1, 0.15) is 43.8 Å². The van der Waals surface area contributed by atoms with E-state index in [9.17, 15) is 9.59 Å². The molecule has 2 amide bonds. The molecule has 2 saturated carbocycles. The second-order valence-electron chi connectivity index (χ2n) is 7.98. The molecule has 1 N–H and O–H groups in total. The van der Waals surface area contributed by atoms with Gasteiger partial charge in [-0.3, -0.25) is 9.59 Å². The van der Waals surface area contributed by atoms with Crippen molar-refractivity contribution in [1.82, 2.24) is 20.4 Å². The van der Waals surface area contributed by atoms with E-state index in [0.29, 0.717) is 24.8 Å². The minimum Gasteiger partial charge on any atom is -0.375 e. The highest BCUT2D eigenvalue weighted by Crippen LogP contribution is 2.50. The summed E-state index contributed by atoms with van der Waals surface area (Å²) in [6.07, 6.45) is 4.70. The van der Waals surface area contributed by atoms with Crippen LogP contribution in [0.5, 0.6) is 0 Å². The minimum absolute atomic E-state index is 0.0208. The maximum Gasteiger partial charge on any atom is 0.248 e. The van der Waals surface area contributed by atoms with Gasteiger partial charge in [-0.25, -0.2) is 0 Å². The van der Waals surface area contributed by atoms with Crippen LogP contribution in [0.4, 0.5) is 0 Å². The Morgan fingerprint density at radius 3 is 2.85 bits per heavy atom. The molecule has 8 nitrogen and oxygen atoms in total. The third-order valence-electron chi connectivity index (χ3n) is 6.27. The number of carbonyl (C=O) groups is 2. The summed E-state index contributed by atoms with van der Waals surface area (Å²) in [6.45, 7) is 3.05. The van der Waals surface area contributed by atoms with Gasteiger partial charge in [-0.2, -0.15) is 4.98 Å². The maximum absolute atomic E-state index is 12.4. The molecule has 0 spiro atoms. The SMILES string of the molecule is COCC(=O)N1CC2C[C@@H](NC(=O)C3CCC3)C[C@]2(c2nc(C)no2)C1. The molecule has 1 aliphatic heterocycles. The molecule has 2 heterocycles. The largest absolute Gasteiger partial charge is 0.375 e. The predicted molar refractivity (Wildman–Crippen MR) is 91.2 cm³/mol. The van der Waals surface area contributed by atoms with E-state index in [0.717, 1.165) is 32.1 Å². The Bertz CT molecular complexity index is 701. The lowest BCUT2D eigenvalue weighted by Crippen LogP contribution is -2.43. The van der Waals surface area contributed by atoms with E-state index in [1.165, 1.54) is 7.11 Å². The van der Waals surface area contributed by atoms with Crippen molar-refractivity contribution in [2.45, 2.75) is 50.5 Å². The van der Waals surface area contributed by atoms with Crippen molar-refractivity contribution < 1.29 is 18.8 Å². The molecular formula is C18H26N4O4. The third-order valence-corrected chi connectivity index (χ3v) is 6.27. The average Bonchev–Trinajstić information content (AvgIpc) is 3.18. The van der Waals surface area contributed by atoms with Crippen molar-refractivity contribution in [1.29, 1.82) is 0 Å². The summed E-state index contributed by atoms with van der Waals surface area (Å²) in [6, 6.07) is 0.0972. The van der Waals surface area contributed by atoms with Crippen molar-refractivity contribution in [2.75, 3.05) is 26.8 Å². The fraction of sp³-hybridized carbons (Fsp3) is 0.778. The van der Waals surface area contributed by atoms with Crippen LogP contribution in [0.2, 0.25) is 0 Å². The number of likely N-dealkylation sites (tertiary alicyclic amines) is 1. The normalized spacial score (nSPS) is 30.9. The van der Waals surface area contributed by atoms with Crippen molar-refractivity contribution >= 4 is 11.8 Å². The monoisotopic (exact) mass is 362 g/mol. The Morgan fingerprint density at radius 2 is 2.23 bits per heavy atom. The van der Waals surface area contributed by atoms with E-state index in [1.54, 1.807) is 6.92 Å². The van der Waals surface area contributed by atoms with Gasteiger partial charge in [0.1, 0.15) is 6.61 Å². The molecule has 2 aliphatic carbocycles. The zero-order valence-corrected chi connectivity index (χ0v) is 15.4. The summed E-state index contributed by atoms with van der Waals surface area (Å²) in [7, 11) is 1.53. The number of aromatic nitrogens is 2. The van der Waals surface area contributed by atoms with E-state index in [4.69, 9.17) is 9.26 Å². The number of rotatable bonds is 5. The summed E-state index contributed by atoms with van der Waals surface area (Å²) < 4.78 is 10.5. The lowest BCUT2D eigenvalue weighted by atomic mass is 9.80. The molecule has 4 rings (SSSR count). The van der Waals surface area contributed by atoms with Crippen LogP contribution >= 0.6 is 0 Å². The van der Waals surface area contributed by atoms with Gasteiger partial charge < -0.3 is 19.5 Å². The molecule has 0 bridgehead atoms. The fourth-order valence-electron chi connectivity index (χ4n) is 4.71. The predicted octanol–water partition coefficient (Wildman–Crippen LogP) is 0.799. The molecule has 3 aliphatic rings. The molecule has 3 fully saturated rings. The molecule has 1 saturated heterocycles. The first-order valence-corrected chi connectivity index (χ1v) is 9.39. The second kappa shape index (κ2) is 6.64. The van der Waals surface area contributed by atoms with Gasteiger partial charge in [0.05, 0.1) is 5.41 Å². The standard InChI is InChI=1S/C18H26N4O4/c1-11-19-17(26-21-11)18-7-14(20-16(24)12-4-3-5-12)6-13(18)8-22(10-18)15(23)9-25-2/h12-14H,3-10H2,1-2H3,(H,20,24)/t13?,14-,18+/m1/s1. The molecule has 1 aromatic rings. The van der Waals surface area contributed by atoms with Gasteiger partial charge in [0.15, 0.2) is 5.82 Å². The van der Waals surface area contributed by atoms with Crippen LogP contribution in [-0.2, 0) is 19.7 Å². The van der Waals surface area contributed by atoms with Crippen molar-refractivity contribution in [3.05, 3.63) is 11.7 Å². The van der Waals surface area contributed by atoms with Crippen LogP contribution in [0, 0.1) is 18.8 Å². The molecule has 1 aromatic heterocycles. The molecule has 26 heavy (non-hydrogen) atoms. The van der Waals surface area contributed by atoms with Crippen LogP contribution in [0.3, 0.4) is 0 Å². The molecule has 0 radical (unpaired) electrons. The summed E-state index contributed by atoms with van der Waals surface area (Å²) >= 11 is 0. The topological polar surface area (TPSA) is 97.6 Å². The zero-order chi connectivity index (χ0) is 18.3. The van der Waals surface area contributed by atoms with E-state index in [1.807, 2.05) is 4.90 Å². The van der Waals surface area contributed by atoms with E-state index < -0.39 is 0 Å². The number of methoxy groups -OCH3 is 1. The molecule has 3 atom stereocenters. The smallest absolute Gasteiger partial charge is 0.248 e. The Labute approximate surface area is 152 Å². The first-order valence-electron chi connectivity index (χ1n) is 9.39. The number of hydrogen-bond donors (Lipinski definition) is 1. The molecule has 8 heteroatoms. The average molecular weight is 362 g/mol. The molecule has 0 aromatic carbocycles. The number of carbonyl (C=O) groups excluding carboxylic acids is 2. The summed E-state index contributed by atoms with van der Waals surface area (Å²) in [4.78, 5) is 31.0.